The van der Waals surface area contributed by atoms with E-state index in [0.29, 0.717) is 12.1 Å². The van der Waals surface area contributed by atoms with Gasteiger partial charge in [-0.3, -0.25) is 4.79 Å². The highest BCUT2D eigenvalue weighted by Gasteiger charge is 2.17. The molecule has 0 saturated carbocycles. The zero-order valence-corrected chi connectivity index (χ0v) is 16.1. The Balaban J connectivity index is 2.15. The summed E-state index contributed by atoms with van der Waals surface area (Å²) in [5, 5.41) is 19.1. The van der Waals surface area contributed by atoms with Crippen molar-refractivity contribution < 1.29 is 29.3 Å². The first-order chi connectivity index (χ1) is 13.9. The number of benzene rings is 2. The van der Waals surface area contributed by atoms with Crippen LogP contribution in [0.15, 0.2) is 54.6 Å². The molecule has 0 aliphatic heterocycles. The van der Waals surface area contributed by atoms with E-state index in [1.807, 2.05) is 41.0 Å². The largest absolute Gasteiger partial charge is 0.507 e. The molecule has 150 valence electrons. The quantitative estimate of drug-likeness (QED) is 0.593. The predicted octanol–water partition coefficient (Wildman–Crippen LogP) is 3.66. The molecule has 0 fully saturated rings. The smallest absolute Gasteiger partial charge is 0.341 e. The molecule has 7 nitrogen and oxygen atoms in total. The fraction of sp³-hybridized carbons (Fsp3) is 0.182. The maximum absolute atomic E-state index is 12.0. The maximum Gasteiger partial charge on any atom is 0.341 e. The van der Waals surface area contributed by atoms with Crippen LogP contribution in [0.4, 0.5) is 0 Å². The molecule has 2 N–H and O–H groups in total. The Kier molecular flexibility index (Phi) is 5.87. The second kappa shape index (κ2) is 8.52. The summed E-state index contributed by atoms with van der Waals surface area (Å²) in [6.45, 7) is 0. The molecule has 3 aromatic rings. The number of nitrogens with zero attached hydrogens (tertiary/aromatic N) is 1. The van der Waals surface area contributed by atoms with E-state index in [1.54, 1.807) is 13.2 Å². The van der Waals surface area contributed by atoms with Gasteiger partial charge >= 0.3 is 11.9 Å². The van der Waals surface area contributed by atoms with Crippen LogP contribution < -0.4 is 4.74 Å². The van der Waals surface area contributed by atoms with Crippen molar-refractivity contribution in [2.75, 3.05) is 14.2 Å². The van der Waals surface area contributed by atoms with Crippen molar-refractivity contribution in [1.82, 2.24) is 4.57 Å². The SMILES string of the molecule is COC(=O)c1cc(-n2c(CCC(=O)O)ccc2-c2ccc(OC)cc2)ccc1O. The molecule has 0 atom stereocenters. The molecular formula is C22H21NO6. The number of aliphatic carboxylic acids is 1. The van der Waals surface area contributed by atoms with Gasteiger partial charge in [0.25, 0.3) is 0 Å². The van der Waals surface area contributed by atoms with Gasteiger partial charge in [-0.2, -0.15) is 0 Å². The number of aryl methyl sites for hydroxylation is 1. The van der Waals surface area contributed by atoms with Crippen LogP contribution in [0.25, 0.3) is 16.9 Å². The molecule has 0 bridgehead atoms. The molecular weight excluding hydrogens is 374 g/mol. The number of methoxy groups -OCH3 is 2. The third-order valence-corrected chi connectivity index (χ3v) is 4.59. The Morgan fingerprint density at radius 1 is 1.00 bits per heavy atom. The minimum absolute atomic E-state index is 0.0311. The lowest BCUT2D eigenvalue weighted by atomic mass is 10.1. The van der Waals surface area contributed by atoms with Crippen LogP contribution in [-0.4, -0.2) is 40.9 Å². The van der Waals surface area contributed by atoms with Gasteiger partial charge in [-0.1, -0.05) is 0 Å². The van der Waals surface area contributed by atoms with Crippen molar-refractivity contribution >= 4 is 11.9 Å². The van der Waals surface area contributed by atoms with Gasteiger partial charge in [-0.05, 0) is 66.6 Å². The lowest BCUT2D eigenvalue weighted by Gasteiger charge is -2.15. The second-order valence-electron chi connectivity index (χ2n) is 6.36. The van der Waals surface area contributed by atoms with Crippen molar-refractivity contribution in [2.24, 2.45) is 0 Å². The Bertz CT molecular complexity index is 1040. The number of carboxylic acid groups (broad SMARTS) is 1. The Labute approximate surface area is 167 Å². The summed E-state index contributed by atoms with van der Waals surface area (Å²) in [5.41, 5.74) is 3.11. The first-order valence-corrected chi connectivity index (χ1v) is 8.93. The number of rotatable bonds is 7. The third kappa shape index (κ3) is 4.24. The monoisotopic (exact) mass is 395 g/mol. The third-order valence-electron chi connectivity index (χ3n) is 4.59. The van der Waals surface area contributed by atoms with Crippen LogP contribution in [0.5, 0.6) is 11.5 Å². The van der Waals surface area contributed by atoms with Crippen molar-refractivity contribution in [3.63, 3.8) is 0 Å². The molecule has 2 aromatic carbocycles. The molecule has 0 spiro atoms. The number of ether oxygens (including phenoxy) is 2. The van der Waals surface area contributed by atoms with Crippen LogP contribution in [0.3, 0.4) is 0 Å². The van der Waals surface area contributed by atoms with Gasteiger partial charge in [0, 0.05) is 11.4 Å². The van der Waals surface area contributed by atoms with Gasteiger partial charge in [0.05, 0.1) is 26.3 Å². The minimum Gasteiger partial charge on any atom is -0.507 e. The highest BCUT2D eigenvalue weighted by atomic mass is 16.5. The molecule has 7 heteroatoms. The number of carbonyl (C=O) groups is 2. The van der Waals surface area contributed by atoms with Crippen LogP contribution in [0.1, 0.15) is 22.5 Å². The van der Waals surface area contributed by atoms with Gasteiger partial charge in [0.2, 0.25) is 0 Å². The average molecular weight is 395 g/mol. The van der Waals surface area contributed by atoms with Crippen LogP contribution in [0, 0.1) is 0 Å². The summed E-state index contributed by atoms with van der Waals surface area (Å²) in [4.78, 5) is 23.1. The number of esters is 1. The molecule has 0 aliphatic rings. The van der Waals surface area contributed by atoms with Gasteiger partial charge < -0.3 is 24.3 Å². The summed E-state index contributed by atoms with van der Waals surface area (Å²) in [5.74, 6) is -1.03. The minimum atomic E-state index is -0.898. The summed E-state index contributed by atoms with van der Waals surface area (Å²) in [6.07, 6.45) is 0.272. The van der Waals surface area contributed by atoms with Crippen molar-refractivity contribution in [3.8, 4) is 28.4 Å². The number of hydrogen-bond acceptors (Lipinski definition) is 5. The van der Waals surface area contributed by atoms with E-state index < -0.39 is 11.9 Å². The lowest BCUT2D eigenvalue weighted by molar-refractivity contribution is -0.136. The number of aromatic hydroxyl groups is 1. The standard InChI is InChI=1S/C22H21NO6/c1-28-17-8-3-14(4-9-17)19-10-5-15(7-12-21(25)26)23(19)16-6-11-20(24)18(13-16)22(27)29-2/h3-6,8-11,13,24H,7,12H2,1-2H3,(H,25,26). The number of phenolic OH excluding ortho intramolecular Hbond substituents is 1. The molecule has 1 aromatic heterocycles. The van der Waals surface area contributed by atoms with E-state index in [4.69, 9.17) is 14.6 Å². The fourth-order valence-corrected chi connectivity index (χ4v) is 3.14. The summed E-state index contributed by atoms with van der Waals surface area (Å²) in [7, 11) is 2.83. The van der Waals surface area contributed by atoms with Crippen molar-refractivity contribution in [3.05, 3.63) is 65.9 Å². The molecule has 0 aliphatic carbocycles. The van der Waals surface area contributed by atoms with Gasteiger partial charge in [-0.15, -0.1) is 0 Å². The first-order valence-electron chi connectivity index (χ1n) is 8.93. The van der Waals surface area contributed by atoms with Crippen LogP contribution in [0.2, 0.25) is 0 Å². The number of aromatic nitrogens is 1. The molecule has 3 rings (SSSR count). The first kappa shape index (κ1) is 20.0. The van der Waals surface area contributed by atoms with Crippen molar-refractivity contribution in [2.45, 2.75) is 12.8 Å². The van der Waals surface area contributed by atoms with Gasteiger partial charge in [0.1, 0.15) is 17.1 Å². The summed E-state index contributed by atoms with van der Waals surface area (Å²) in [6, 6.07) is 15.8. The normalized spacial score (nSPS) is 10.6. The van der Waals surface area contributed by atoms with E-state index in [9.17, 15) is 14.7 Å². The number of hydrogen-bond donors (Lipinski definition) is 2. The molecule has 0 radical (unpaired) electrons. The summed E-state index contributed by atoms with van der Waals surface area (Å²) >= 11 is 0. The Morgan fingerprint density at radius 2 is 1.72 bits per heavy atom. The van der Waals surface area contributed by atoms with E-state index >= 15 is 0 Å². The molecule has 29 heavy (non-hydrogen) atoms. The van der Waals surface area contributed by atoms with Crippen LogP contribution in [-0.2, 0) is 16.0 Å². The topological polar surface area (TPSA) is 98.0 Å². The number of carboxylic acids is 1. The fourth-order valence-electron chi connectivity index (χ4n) is 3.14. The highest BCUT2D eigenvalue weighted by Crippen LogP contribution is 2.31. The van der Waals surface area contributed by atoms with Gasteiger partial charge in [-0.25, -0.2) is 4.79 Å². The Hall–Kier alpha value is -3.74. The second-order valence-corrected chi connectivity index (χ2v) is 6.36. The molecule has 1 heterocycles. The zero-order valence-electron chi connectivity index (χ0n) is 16.1. The highest BCUT2D eigenvalue weighted by molar-refractivity contribution is 5.93. The molecule has 0 unspecified atom stereocenters. The van der Waals surface area contributed by atoms with E-state index in [-0.39, 0.29) is 17.7 Å². The van der Waals surface area contributed by atoms with Gasteiger partial charge in [0.15, 0.2) is 0 Å². The maximum atomic E-state index is 12.0. The molecule has 0 saturated heterocycles. The van der Waals surface area contributed by atoms with Crippen molar-refractivity contribution in [1.29, 1.82) is 0 Å². The van der Waals surface area contributed by atoms with E-state index in [2.05, 4.69) is 0 Å². The average Bonchev–Trinajstić information content (AvgIpc) is 3.16. The summed E-state index contributed by atoms with van der Waals surface area (Å²) < 4.78 is 11.8. The van der Waals surface area contributed by atoms with E-state index in [0.717, 1.165) is 22.7 Å². The van der Waals surface area contributed by atoms with E-state index in [1.165, 1.54) is 19.2 Å². The number of phenols is 1. The number of carbonyl (C=O) groups excluding carboxylic acids is 1. The lowest BCUT2D eigenvalue weighted by Crippen LogP contribution is -2.07. The zero-order chi connectivity index (χ0) is 21.0. The molecule has 0 amide bonds. The predicted molar refractivity (Wildman–Crippen MR) is 107 cm³/mol. The Morgan fingerprint density at radius 3 is 2.34 bits per heavy atom. The van der Waals surface area contributed by atoms with Crippen LogP contribution >= 0.6 is 0 Å².